The quantitative estimate of drug-likeness (QED) is 0.872. The molecule has 3 nitrogen and oxygen atoms in total. The van der Waals surface area contributed by atoms with Crippen molar-refractivity contribution in [1.82, 2.24) is 5.32 Å². The molecule has 0 radical (unpaired) electrons. The number of anilines is 1. The van der Waals surface area contributed by atoms with E-state index in [1.807, 2.05) is 37.3 Å². The van der Waals surface area contributed by atoms with Crippen molar-refractivity contribution < 1.29 is 4.79 Å². The lowest BCUT2D eigenvalue weighted by atomic mass is 9.98. The molecule has 1 aliphatic rings. The number of hydrogen-bond donors (Lipinski definition) is 2. The Labute approximate surface area is 132 Å². The number of carbonyl (C=O) groups is 1. The van der Waals surface area contributed by atoms with Crippen LogP contribution in [0.1, 0.15) is 27.0 Å². The zero-order valence-corrected chi connectivity index (χ0v) is 13.5. The maximum Gasteiger partial charge on any atom is 0.255 e. The van der Waals surface area contributed by atoms with Gasteiger partial charge in [-0.25, -0.2) is 0 Å². The third kappa shape index (κ3) is 3.01. The second kappa shape index (κ2) is 6.00. The van der Waals surface area contributed by atoms with Crippen LogP contribution >= 0.6 is 15.9 Å². The molecular formula is C17H17BrN2O. The fourth-order valence-electron chi connectivity index (χ4n) is 2.68. The van der Waals surface area contributed by atoms with Gasteiger partial charge in [-0.05, 0) is 54.8 Å². The Balaban J connectivity index is 1.90. The van der Waals surface area contributed by atoms with Crippen molar-refractivity contribution in [3.8, 4) is 0 Å². The molecule has 3 rings (SSSR count). The highest BCUT2D eigenvalue weighted by atomic mass is 79.9. The maximum atomic E-state index is 12.5. The first-order valence-corrected chi connectivity index (χ1v) is 7.83. The van der Waals surface area contributed by atoms with Gasteiger partial charge in [0, 0.05) is 22.3 Å². The van der Waals surface area contributed by atoms with E-state index >= 15 is 0 Å². The Morgan fingerprint density at radius 1 is 1.29 bits per heavy atom. The zero-order chi connectivity index (χ0) is 14.8. The van der Waals surface area contributed by atoms with E-state index in [1.54, 1.807) is 0 Å². The number of rotatable bonds is 2. The second-order valence-corrected chi connectivity index (χ2v) is 6.20. The minimum Gasteiger partial charge on any atom is -0.322 e. The Morgan fingerprint density at radius 2 is 2.14 bits per heavy atom. The lowest BCUT2D eigenvalue weighted by Gasteiger charge is -2.20. The molecule has 2 aromatic carbocycles. The van der Waals surface area contributed by atoms with E-state index in [0.717, 1.165) is 35.2 Å². The van der Waals surface area contributed by atoms with Crippen LogP contribution in [0.5, 0.6) is 0 Å². The van der Waals surface area contributed by atoms with Gasteiger partial charge in [0.1, 0.15) is 0 Å². The predicted molar refractivity (Wildman–Crippen MR) is 88.7 cm³/mol. The fourth-order valence-corrected chi connectivity index (χ4v) is 3.04. The van der Waals surface area contributed by atoms with Crippen molar-refractivity contribution in [2.45, 2.75) is 19.9 Å². The molecule has 21 heavy (non-hydrogen) atoms. The van der Waals surface area contributed by atoms with Crippen LogP contribution in [-0.4, -0.2) is 12.5 Å². The molecular weight excluding hydrogens is 328 g/mol. The van der Waals surface area contributed by atoms with Crippen LogP contribution in [-0.2, 0) is 13.0 Å². The van der Waals surface area contributed by atoms with Crippen molar-refractivity contribution in [1.29, 1.82) is 0 Å². The second-order valence-electron chi connectivity index (χ2n) is 5.28. The first kappa shape index (κ1) is 14.3. The summed E-state index contributed by atoms with van der Waals surface area (Å²) in [7, 11) is 0. The van der Waals surface area contributed by atoms with E-state index in [2.05, 4.69) is 32.6 Å². The molecule has 2 N–H and O–H groups in total. The molecule has 0 fully saturated rings. The van der Waals surface area contributed by atoms with Crippen LogP contribution in [0, 0.1) is 6.92 Å². The SMILES string of the molecule is Cc1ccc(Br)cc1C(=O)Nc1cccc2c1CCNC2. The molecule has 1 heterocycles. The molecule has 0 aliphatic carbocycles. The summed E-state index contributed by atoms with van der Waals surface area (Å²) in [5.41, 5.74) is 5.12. The Hall–Kier alpha value is -1.65. The van der Waals surface area contributed by atoms with E-state index in [0.29, 0.717) is 5.56 Å². The summed E-state index contributed by atoms with van der Waals surface area (Å²) in [5, 5.41) is 6.42. The number of aryl methyl sites for hydroxylation is 1. The number of hydrogen-bond acceptors (Lipinski definition) is 2. The van der Waals surface area contributed by atoms with Gasteiger partial charge in [-0.15, -0.1) is 0 Å². The van der Waals surface area contributed by atoms with Gasteiger partial charge in [0.15, 0.2) is 0 Å². The Morgan fingerprint density at radius 3 is 3.00 bits per heavy atom. The summed E-state index contributed by atoms with van der Waals surface area (Å²) in [5.74, 6) is -0.0549. The number of benzene rings is 2. The molecule has 4 heteroatoms. The highest BCUT2D eigenvalue weighted by Crippen LogP contribution is 2.24. The summed E-state index contributed by atoms with van der Waals surface area (Å²) in [6, 6.07) is 11.8. The largest absolute Gasteiger partial charge is 0.322 e. The van der Waals surface area contributed by atoms with E-state index in [4.69, 9.17) is 0 Å². The number of amides is 1. The average Bonchev–Trinajstić information content (AvgIpc) is 2.50. The first-order chi connectivity index (χ1) is 10.1. The van der Waals surface area contributed by atoms with E-state index in [1.165, 1.54) is 11.1 Å². The van der Waals surface area contributed by atoms with Crippen LogP contribution in [0.3, 0.4) is 0 Å². The summed E-state index contributed by atoms with van der Waals surface area (Å²) >= 11 is 3.42. The molecule has 0 aromatic heterocycles. The van der Waals surface area contributed by atoms with Gasteiger partial charge in [-0.1, -0.05) is 34.1 Å². The predicted octanol–water partition coefficient (Wildman–Crippen LogP) is 3.66. The van der Waals surface area contributed by atoms with Gasteiger partial charge in [0.2, 0.25) is 0 Å². The van der Waals surface area contributed by atoms with Crippen LogP contribution in [0.2, 0.25) is 0 Å². The third-order valence-corrected chi connectivity index (χ3v) is 4.33. The van der Waals surface area contributed by atoms with E-state index in [-0.39, 0.29) is 5.91 Å². The fraction of sp³-hybridized carbons (Fsp3) is 0.235. The van der Waals surface area contributed by atoms with Gasteiger partial charge in [-0.3, -0.25) is 4.79 Å². The zero-order valence-electron chi connectivity index (χ0n) is 11.9. The summed E-state index contributed by atoms with van der Waals surface area (Å²) < 4.78 is 0.914. The molecule has 2 aromatic rings. The summed E-state index contributed by atoms with van der Waals surface area (Å²) in [6.07, 6.45) is 0.948. The maximum absolute atomic E-state index is 12.5. The van der Waals surface area contributed by atoms with Crippen LogP contribution < -0.4 is 10.6 Å². The van der Waals surface area contributed by atoms with E-state index < -0.39 is 0 Å². The smallest absolute Gasteiger partial charge is 0.255 e. The van der Waals surface area contributed by atoms with Crippen LogP contribution in [0.15, 0.2) is 40.9 Å². The number of halogens is 1. The van der Waals surface area contributed by atoms with Gasteiger partial charge < -0.3 is 10.6 Å². The summed E-state index contributed by atoms with van der Waals surface area (Å²) in [4.78, 5) is 12.5. The lowest BCUT2D eigenvalue weighted by Crippen LogP contribution is -2.25. The molecule has 0 saturated heterocycles. The van der Waals surface area contributed by atoms with Crippen molar-refractivity contribution in [2.75, 3.05) is 11.9 Å². The number of carbonyl (C=O) groups excluding carboxylic acids is 1. The molecule has 0 bridgehead atoms. The van der Waals surface area contributed by atoms with Crippen molar-refractivity contribution in [2.24, 2.45) is 0 Å². The number of nitrogens with one attached hydrogen (secondary N) is 2. The van der Waals surface area contributed by atoms with Crippen molar-refractivity contribution >= 4 is 27.5 Å². The standard InChI is InChI=1S/C17H17BrN2O/c1-11-5-6-13(18)9-15(11)17(21)20-16-4-2-3-12-10-19-8-7-14(12)16/h2-6,9,19H,7-8,10H2,1H3,(H,20,21). The monoisotopic (exact) mass is 344 g/mol. The Kier molecular flexibility index (Phi) is 4.08. The van der Waals surface area contributed by atoms with E-state index in [9.17, 15) is 4.79 Å². The van der Waals surface area contributed by atoms with Gasteiger partial charge in [0.05, 0.1) is 0 Å². The van der Waals surface area contributed by atoms with Crippen molar-refractivity contribution in [3.63, 3.8) is 0 Å². The molecule has 1 aliphatic heterocycles. The minimum atomic E-state index is -0.0549. The normalized spacial score (nSPS) is 13.6. The highest BCUT2D eigenvalue weighted by molar-refractivity contribution is 9.10. The van der Waals surface area contributed by atoms with Gasteiger partial charge in [-0.2, -0.15) is 0 Å². The molecule has 0 atom stereocenters. The highest BCUT2D eigenvalue weighted by Gasteiger charge is 2.16. The molecule has 1 amide bonds. The number of fused-ring (bicyclic) bond motifs is 1. The summed E-state index contributed by atoms with van der Waals surface area (Å²) in [6.45, 7) is 3.77. The van der Waals surface area contributed by atoms with Gasteiger partial charge in [0.25, 0.3) is 5.91 Å². The minimum absolute atomic E-state index is 0.0549. The molecule has 108 valence electrons. The average molecular weight is 345 g/mol. The Bertz CT molecular complexity index is 697. The van der Waals surface area contributed by atoms with Crippen molar-refractivity contribution in [3.05, 3.63) is 63.1 Å². The van der Waals surface area contributed by atoms with Crippen LogP contribution in [0.25, 0.3) is 0 Å². The van der Waals surface area contributed by atoms with Crippen LogP contribution in [0.4, 0.5) is 5.69 Å². The molecule has 0 saturated carbocycles. The lowest BCUT2D eigenvalue weighted by molar-refractivity contribution is 0.102. The third-order valence-electron chi connectivity index (χ3n) is 3.83. The molecule has 0 spiro atoms. The van der Waals surface area contributed by atoms with Gasteiger partial charge >= 0.3 is 0 Å². The molecule has 0 unspecified atom stereocenters. The topological polar surface area (TPSA) is 41.1 Å². The first-order valence-electron chi connectivity index (χ1n) is 7.04.